The zero-order valence-electron chi connectivity index (χ0n) is 17.4. The summed E-state index contributed by atoms with van der Waals surface area (Å²) in [5.74, 6) is -0.153. The molecule has 0 saturated carbocycles. The number of para-hydroxylation sites is 1. The Hall–Kier alpha value is -3.41. The van der Waals surface area contributed by atoms with Crippen LogP contribution in [0.2, 0.25) is 5.02 Å². The molecule has 4 nitrogen and oxygen atoms in total. The molecule has 4 aromatic rings. The van der Waals surface area contributed by atoms with Crippen LogP contribution >= 0.6 is 23.8 Å². The lowest BCUT2D eigenvalue weighted by Gasteiger charge is -2.16. The minimum atomic E-state index is -0.153. The predicted molar refractivity (Wildman–Crippen MR) is 135 cm³/mol. The highest BCUT2D eigenvalue weighted by molar-refractivity contribution is 7.80. The Morgan fingerprint density at radius 2 is 1.62 bits per heavy atom. The fraction of sp³-hybridized carbons (Fsp3) is 0.0769. The third kappa shape index (κ3) is 3.60. The van der Waals surface area contributed by atoms with Gasteiger partial charge in [0.05, 0.1) is 5.69 Å². The first-order valence-corrected chi connectivity index (χ1v) is 11.0. The van der Waals surface area contributed by atoms with Crippen LogP contribution in [0.1, 0.15) is 11.1 Å². The lowest BCUT2D eigenvalue weighted by Crippen LogP contribution is -2.31. The van der Waals surface area contributed by atoms with E-state index in [0.717, 1.165) is 23.0 Å². The maximum atomic E-state index is 13.3. The number of nitrogens with zero attached hydrogens (tertiary/aromatic N) is 3. The van der Waals surface area contributed by atoms with Crippen LogP contribution < -0.4 is 4.90 Å². The first-order valence-electron chi connectivity index (χ1n) is 10.2. The average Bonchev–Trinajstić information content (AvgIpc) is 3.25. The number of hydrogen-bond donors (Lipinski definition) is 0. The highest BCUT2D eigenvalue weighted by Crippen LogP contribution is 2.31. The number of anilines is 1. The molecule has 1 amide bonds. The summed E-state index contributed by atoms with van der Waals surface area (Å²) in [6, 6.07) is 25.7. The summed E-state index contributed by atoms with van der Waals surface area (Å²) < 4.78 is 2.21. The fourth-order valence-corrected chi connectivity index (χ4v) is 4.44. The predicted octanol–water partition coefficient (Wildman–Crippen LogP) is 5.95. The van der Waals surface area contributed by atoms with Gasteiger partial charge in [0.25, 0.3) is 5.91 Å². The number of carbonyl (C=O) groups is 1. The number of likely N-dealkylation sites (N-methyl/N-ethyl adjacent to an activating group) is 1. The molecule has 0 atom stereocenters. The lowest BCUT2D eigenvalue weighted by atomic mass is 10.1. The molecule has 0 spiro atoms. The number of thiocarbonyl (C=S) groups is 1. The second kappa shape index (κ2) is 8.26. The molecule has 0 radical (unpaired) electrons. The van der Waals surface area contributed by atoms with Crippen molar-refractivity contribution in [1.29, 1.82) is 0 Å². The van der Waals surface area contributed by atoms with E-state index >= 15 is 0 Å². The summed E-state index contributed by atoms with van der Waals surface area (Å²) in [6.07, 6.45) is 4.02. The molecule has 0 bridgehead atoms. The normalized spacial score (nSPS) is 15.4. The number of amides is 1. The molecule has 1 aliphatic rings. The lowest BCUT2D eigenvalue weighted by molar-refractivity contribution is -0.114. The molecule has 1 aliphatic heterocycles. The van der Waals surface area contributed by atoms with E-state index in [9.17, 15) is 4.79 Å². The molecule has 0 aliphatic carbocycles. The number of carbonyl (C=O) groups excluding carboxylic acids is 1. The van der Waals surface area contributed by atoms with Gasteiger partial charge in [-0.05, 0) is 54.2 Å². The van der Waals surface area contributed by atoms with Gasteiger partial charge in [0.2, 0.25) is 0 Å². The Balaban J connectivity index is 1.56. The zero-order chi connectivity index (χ0) is 22.2. The molecule has 1 aromatic heterocycles. The highest BCUT2D eigenvalue weighted by Gasteiger charge is 2.36. The van der Waals surface area contributed by atoms with Crippen LogP contribution in [0, 0.1) is 0 Å². The summed E-state index contributed by atoms with van der Waals surface area (Å²) in [5, 5.41) is 2.14. The minimum absolute atomic E-state index is 0.153. The van der Waals surface area contributed by atoms with E-state index in [0.29, 0.717) is 21.5 Å². The largest absolute Gasteiger partial charge is 0.342 e. The summed E-state index contributed by atoms with van der Waals surface area (Å²) >= 11 is 11.6. The van der Waals surface area contributed by atoms with Crippen LogP contribution in [-0.4, -0.2) is 27.5 Å². The molecular formula is C26H20ClN3OS. The molecule has 3 aromatic carbocycles. The number of hydrogen-bond acceptors (Lipinski definition) is 2. The van der Waals surface area contributed by atoms with Gasteiger partial charge in [0, 0.05) is 41.3 Å². The van der Waals surface area contributed by atoms with Crippen LogP contribution in [0.4, 0.5) is 5.69 Å². The van der Waals surface area contributed by atoms with Gasteiger partial charge < -0.3 is 9.47 Å². The second-order valence-electron chi connectivity index (χ2n) is 7.70. The van der Waals surface area contributed by atoms with Crippen LogP contribution in [0.25, 0.3) is 17.0 Å². The number of halogens is 1. The quantitative estimate of drug-likeness (QED) is 0.280. The van der Waals surface area contributed by atoms with Crippen LogP contribution in [0.3, 0.4) is 0 Å². The van der Waals surface area contributed by atoms with E-state index in [1.54, 1.807) is 34.1 Å². The molecule has 1 fully saturated rings. The van der Waals surface area contributed by atoms with Crippen LogP contribution in [0.15, 0.2) is 90.8 Å². The highest BCUT2D eigenvalue weighted by atomic mass is 35.5. The SMILES string of the molecule is CN1C(=S)N(c2ccc(Cl)cc2)C(=O)C1=Cc1cn(Cc2ccccc2)c2ccccc12. The van der Waals surface area contributed by atoms with Crippen molar-refractivity contribution in [3.8, 4) is 0 Å². The van der Waals surface area contributed by atoms with E-state index in [1.165, 1.54) is 5.56 Å². The molecule has 1 saturated heterocycles. The first-order chi connectivity index (χ1) is 15.5. The van der Waals surface area contributed by atoms with Crippen molar-refractivity contribution in [2.24, 2.45) is 0 Å². The summed E-state index contributed by atoms with van der Waals surface area (Å²) in [4.78, 5) is 16.6. The number of rotatable bonds is 4. The number of fused-ring (bicyclic) bond motifs is 1. The first kappa shape index (κ1) is 20.5. The molecule has 5 rings (SSSR count). The standard InChI is InChI=1S/C26H20ClN3OS/c1-28-24(25(31)30(26(28)32)21-13-11-20(27)12-14-21)15-19-17-29(16-18-7-3-2-4-8-18)23-10-6-5-9-22(19)23/h2-15,17H,16H2,1H3. The van der Waals surface area contributed by atoms with E-state index in [-0.39, 0.29) is 5.91 Å². The minimum Gasteiger partial charge on any atom is -0.342 e. The van der Waals surface area contributed by atoms with Crippen molar-refractivity contribution in [3.63, 3.8) is 0 Å². The fourth-order valence-electron chi connectivity index (χ4n) is 4.02. The maximum absolute atomic E-state index is 13.3. The van der Waals surface area contributed by atoms with Crippen molar-refractivity contribution in [3.05, 3.63) is 107 Å². The molecule has 6 heteroatoms. The van der Waals surface area contributed by atoms with Gasteiger partial charge in [-0.15, -0.1) is 0 Å². The Kier molecular flexibility index (Phi) is 5.29. The smallest absolute Gasteiger partial charge is 0.281 e. The number of aromatic nitrogens is 1. The van der Waals surface area contributed by atoms with Gasteiger partial charge in [-0.2, -0.15) is 0 Å². The van der Waals surface area contributed by atoms with E-state index < -0.39 is 0 Å². The monoisotopic (exact) mass is 457 g/mol. The van der Waals surface area contributed by atoms with Crippen molar-refractivity contribution in [2.75, 3.05) is 11.9 Å². The van der Waals surface area contributed by atoms with Crippen LogP contribution in [0.5, 0.6) is 0 Å². The average molecular weight is 458 g/mol. The molecule has 158 valence electrons. The van der Waals surface area contributed by atoms with E-state index in [2.05, 4.69) is 35.0 Å². The van der Waals surface area contributed by atoms with Gasteiger partial charge in [-0.1, -0.05) is 60.1 Å². The Labute approximate surface area is 196 Å². The van der Waals surface area contributed by atoms with Gasteiger partial charge in [-0.3, -0.25) is 9.69 Å². The summed E-state index contributed by atoms with van der Waals surface area (Å²) in [6.45, 7) is 0.754. The Morgan fingerprint density at radius 1 is 0.938 bits per heavy atom. The van der Waals surface area contributed by atoms with Gasteiger partial charge in [-0.25, -0.2) is 0 Å². The Morgan fingerprint density at radius 3 is 2.38 bits per heavy atom. The Bertz CT molecular complexity index is 1360. The van der Waals surface area contributed by atoms with Crippen LogP contribution in [-0.2, 0) is 11.3 Å². The summed E-state index contributed by atoms with van der Waals surface area (Å²) in [7, 11) is 1.82. The van der Waals surface area contributed by atoms with Gasteiger partial charge in [0.15, 0.2) is 5.11 Å². The number of benzene rings is 3. The van der Waals surface area contributed by atoms with Crippen molar-refractivity contribution < 1.29 is 4.79 Å². The van der Waals surface area contributed by atoms with Gasteiger partial charge in [0.1, 0.15) is 5.70 Å². The van der Waals surface area contributed by atoms with E-state index in [1.807, 2.05) is 43.5 Å². The van der Waals surface area contributed by atoms with Crippen molar-refractivity contribution in [1.82, 2.24) is 9.47 Å². The topological polar surface area (TPSA) is 28.5 Å². The molecule has 2 heterocycles. The van der Waals surface area contributed by atoms with Gasteiger partial charge >= 0.3 is 0 Å². The second-order valence-corrected chi connectivity index (χ2v) is 8.50. The molecule has 32 heavy (non-hydrogen) atoms. The molecule has 0 N–H and O–H groups in total. The maximum Gasteiger partial charge on any atom is 0.281 e. The molecule has 0 unspecified atom stereocenters. The van der Waals surface area contributed by atoms with Crippen molar-refractivity contribution in [2.45, 2.75) is 6.54 Å². The third-order valence-corrected chi connectivity index (χ3v) is 6.36. The zero-order valence-corrected chi connectivity index (χ0v) is 19.0. The summed E-state index contributed by atoms with van der Waals surface area (Å²) in [5.41, 5.74) is 4.55. The van der Waals surface area contributed by atoms with E-state index in [4.69, 9.17) is 23.8 Å². The molecular weight excluding hydrogens is 438 g/mol. The third-order valence-electron chi connectivity index (χ3n) is 5.65. The van der Waals surface area contributed by atoms with Crippen molar-refractivity contribution >= 4 is 57.5 Å².